The topological polar surface area (TPSA) is 36.3 Å². The van der Waals surface area contributed by atoms with E-state index in [2.05, 4.69) is 5.10 Å². The van der Waals surface area contributed by atoms with Gasteiger partial charge in [-0.3, -0.25) is 4.68 Å². The van der Waals surface area contributed by atoms with Gasteiger partial charge in [0.2, 0.25) is 0 Å². The maximum Gasteiger partial charge on any atom is 0.514 e. The van der Waals surface area contributed by atoms with Gasteiger partial charge in [-0.15, -0.1) is 0 Å². The first-order valence-electron chi connectivity index (χ1n) is 9.79. The first-order chi connectivity index (χ1) is 11.3. The quantitative estimate of drug-likeness (QED) is 0.741. The summed E-state index contributed by atoms with van der Waals surface area (Å²) in [7, 11) is -1.34. The van der Waals surface area contributed by atoms with Gasteiger partial charge < -0.3 is 9.31 Å². The minimum absolute atomic E-state index is 0.379. The van der Waals surface area contributed by atoms with Crippen molar-refractivity contribution in [2.24, 2.45) is 0 Å². The van der Waals surface area contributed by atoms with E-state index in [1.54, 1.807) is 27.7 Å². The standard InChI is InChI=1S/C12H21BN2O2/c1-7-15-10(8-9(2)14-15)13-16-11(3,4)12(5,6)17-13/h8H,7H2,1-6H3/i1D3,2D3,7D2,8D. The van der Waals surface area contributed by atoms with E-state index in [9.17, 15) is 0 Å². The van der Waals surface area contributed by atoms with Crippen molar-refractivity contribution in [1.29, 1.82) is 0 Å². The number of aromatic nitrogens is 2. The summed E-state index contributed by atoms with van der Waals surface area (Å²) in [5.41, 5.74) is -2.80. The summed E-state index contributed by atoms with van der Waals surface area (Å²) in [5, 5.41) is 3.63. The molecule has 1 aliphatic rings. The van der Waals surface area contributed by atoms with Gasteiger partial charge in [0, 0.05) is 14.7 Å². The van der Waals surface area contributed by atoms with E-state index in [0.29, 0.717) is 4.68 Å². The highest BCUT2D eigenvalue weighted by Gasteiger charge is 2.52. The molecule has 0 aliphatic carbocycles. The zero-order valence-corrected chi connectivity index (χ0v) is 10.3. The fraction of sp³-hybridized carbons (Fsp3) is 0.750. The van der Waals surface area contributed by atoms with Crippen LogP contribution in [-0.2, 0) is 15.8 Å². The Bertz CT molecular complexity index is 693. The normalized spacial score (nSPS) is 32.2. The van der Waals surface area contributed by atoms with Crippen LogP contribution in [0.3, 0.4) is 0 Å². The smallest absolute Gasteiger partial charge is 0.398 e. The molecule has 0 atom stereocenters. The Kier molecular flexibility index (Phi) is 1.23. The first kappa shape index (κ1) is 5.45. The second-order valence-corrected chi connectivity index (χ2v) is 4.97. The number of nitrogens with zero attached hydrogens (tertiary/aromatic N) is 2. The van der Waals surface area contributed by atoms with E-state index in [1.165, 1.54) is 0 Å². The molecule has 0 unspecified atom stereocenters. The zero-order valence-electron chi connectivity index (χ0n) is 19.3. The summed E-state index contributed by atoms with van der Waals surface area (Å²) >= 11 is 0. The summed E-state index contributed by atoms with van der Waals surface area (Å²) in [5.74, 6) is 0. The van der Waals surface area contributed by atoms with Crippen LogP contribution in [0.15, 0.2) is 6.04 Å². The van der Waals surface area contributed by atoms with Crippen LogP contribution in [0.1, 0.15) is 52.6 Å². The Morgan fingerprint density at radius 1 is 1.47 bits per heavy atom. The molecule has 17 heavy (non-hydrogen) atoms. The molecule has 1 saturated heterocycles. The number of hydrogen-bond donors (Lipinski definition) is 0. The van der Waals surface area contributed by atoms with Crippen molar-refractivity contribution >= 4 is 12.7 Å². The molecule has 0 bridgehead atoms. The third-order valence-electron chi connectivity index (χ3n) is 3.26. The van der Waals surface area contributed by atoms with Crippen molar-refractivity contribution in [3.63, 3.8) is 0 Å². The summed E-state index contributed by atoms with van der Waals surface area (Å²) in [6.07, 6.45) is 0. The number of hydrogen-bond acceptors (Lipinski definition) is 3. The van der Waals surface area contributed by atoms with Crippen molar-refractivity contribution in [3.8, 4) is 0 Å². The lowest BCUT2D eigenvalue weighted by Gasteiger charge is -2.32. The van der Waals surface area contributed by atoms with Crippen molar-refractivity contribution in [2.75, 3.05) is 0 Å². The molecule has 0 aromatic carbocycles. The van der Waals surface area contributed by atoms with E-state index < -0.39 is 50.3 Å². The molecular weight excluding hydrogens is 215 g/mol. The Morgan fingerprint density at radius 2 is 2.12 bits per heavy atom. The van der Waals surface area contributed by atoms with Gasteiger partial charge >= 0.3 is 7.12 Å². The monoisotopic (exact) mass is 245 g/mol. The number of rotatable bonds is 2. The van der Waals surface area contributed by atoms with Crippen LogP contribution in [0, 0.1) is 6.85 Å². The fourth-order valence-electron chi connectivity index (χ4n) is 1.55. The average Bonchev–Trinajstić information content (AvgIpc) is 2.82. The Labute approximate surface area is 116 Å². The second-order valence-electron chi connectivity index (χ2n) is 4.97. The highest BCUT2D eigenvalue weighted by Crippen LogP contribution is 2.36. The molecule has 1 aliphatic heterocycles. The molecule has 0 amide bonds. The van der Waals surface area contributed by atoms with Crippen LogP contribution in [0.2, 0.25) is 0 Å². The van der Waals surface area contributed by atoms with Crippen molar-refractivity contribution < 1.29 is 21.6 Å². The van der Waals surface area contributed by atoms with Gasteiger partial charge in [-0.1, -0.05) is 0 Å². The van der Waals surface area contributed by atoms with E-state index in [0.717, 1.165) is 0 Å². The summed E-state index contributed by atoms with van der Waals surface area (Å²) in [6.45, 7) is -2.16. The van der Waals surface area contributed by atoms with Gasteiger partial charge in [0.1, 0.15) is 0 Å². The van der Waals surface area contributed by atoms with Crippen molar-refractivity contribution in [3.05, 3.63) is 11.7 Å². The summed E-state index contributed by atoms with van der Waals surface area (Å²) in [4.78, 5) is 0. The highest BCUT2D eigenvalue weighted by molar-refractivity contribution is 6.61. The fourth-order valence-corrected chi connectivity index (χ4v) is 1.55. The van der Waals surface area contributed by atoms with Crippen LogP contribution in [0.25, 0.3) is 0 Å². The number of aryl methyl sites for hydroxylation is 2. The molecule has 1 aromatic rings. The van der Waals surface area contributed by atoms with E-state index in [1.807, 2.05) is 0 Å². The molecule has 0 saturated carbocycles. The maximum atomic E-state index is 8.18. The first-order valence-corrected chi connectivity index (χ1v) is 5.29. The molecule has 0 N–H and O–H groups in total. The lowest BCUT2D eigenvalue weighted by Crippen LogP contribution is -2.41. The predicted molar refractivity (Wildman–Crippen MR) is 68.4 cm³/mol. The third-order valence-corrected chi connectivity index (χ3v) is 3.26. The van der Waals surface area contributed by atoms with Crippen LogP contribution in [0.4, 0.5) is 0 Å². The van der Waals surface area contributed by atoms with Gasteiger partial charge in [-0.25, -0.2) is 0 Å². The molecule has 1 fully saturated rings. The van der Waals surface area contributed by atoms with E-state index in [-0.39, 0.29) is 5.59 Å². The maximum absolute atomic E-state index is 8.18. The Balaban J connectivity index is 2.71. The minimum atomic E-state index is -3.16. The van der Waals surface area contributed by atoms with Gasteiger partial charge in [0.15, 0.2) is 0 Å². The highest BCUT2D eigenvalue weighted by atomic mass is 16.7. The van der Waals surface area contributed by atoms with Gasteiger partial charge in [0.05, 0.1) is 26.6 Å². The Hall–Kier alpha value is -0.805. The minimum Gasteiger partial charge on any atom is -0.398 e. The van der Waals surface area contributed by atoms with E-state index in [4.69, 9.17) is 21.6 Å². The lowest BCUT2D eigenvalue weighted by molar-refractivity contribution is 0.00578. The van der Waals surface area contributed by atoms with Gasteiger partial charge in [-0.05, 0) is 47.4 Å². The molecule has 5 heteroatoms. The summed E-state index contributed by atoms with van der Waals surface area (Å²) in [6, 6.07) is -0.628. The lowest BCUT2D eigenvalue weighted by atomic mass is 9.84. The molecular formula is C12H21BN2O2. The average molecular weight is 245 g/mol. The van der Waals surface area contributed by atoms with Crippen LogP contribution >= 0.6 is 0 Å². The van der Waals surface area contributed by atoms with Crippen molar-refractivity contribution in [2.45, 2.75) is 59.1 Å². The van der Waals surface area contributed by atoms with Crippen molar-refractivity contribution in [1.82, 2.24) is 9.78 Å². The third kappa shape index (κ3) is 2.02. The predicted octanol–water partition coefficient (Wildman–Crippen LogP) is 1.51. The van der Waals surface area contributed by atoms with Gasteiger partial charge in [0.25, 0.3) is 0 Å². The molecule has 0 radical (unpaired) electrons. The molecule has 4 nitrogen and oxygen atoms in total. The largest absolute Gasteiger partial charge is 0.514 e. The van der Waals surface area contributed by atoms with Gasteiger partial charge in [-0.2, -0.15) is 5.10 Å². The summed E-state index contributed by atoms with van der Waals surface area (Å²) < 4.78 is 80.9. The van der Waals surface area contributed by atoms with Crippen LogP contribution in [0.5, 0.6) is 0 Å². The van der Waals surface area contributed by atoms with Crippen LogP contribution < -0.4 is 5.59 Å². The molecule has 94 valence electrons. The molecule has 2 heterocycles. The Morgan fingerprint density at radius 3 is 2.65 bits per heavy atom. The zero-order chi connectivity index (χ0) is 20.5. The second kappa shape index (κ2) is 3.85. The van der Waals surface area contributed by atoms with Crippen LogP contribution in [-0.4, -0.2) is 28.1 Å². The molecule has 1 aromatic heterocycles. The molecule has 2 rings (SSSR count). The van der Waals surface area contributed by atoms with E-state index >= 15 is 0 Å². The SMILES string of the molecule is [2H]c1c(C([2H])([2H])[2H])nn(C([2H])([2H])C([2H])([2H])[2H])c1B1OC(C)(C)C(C)(C)O1. The molecule has 0 spiro atoms.